The van der Waals surface area contributed by atoms with Gasteiger partial charge in [0.2, 0.25) is 0 Å². The third-order valence-electron chi connectivity index (χ3n) is 8.28. The summed E-state index contributed by atoms with van der Waals surface area (Å²) in [5, 5.41) is 0. The van der Waals surface area contributed by atoms with Gasteiger partial charge in [-0.25, -0.2) is 0 Å². The van der Waals surface area contributed by atoms with Crippen molar-refractivity contribution < 1.29 is 18.9 Å². The quantitative estimate of drug-likeness (QED) is 0.159. The lowest BCUT2D eigenvalue weighted by molar-refractivity contribution is 0.414. The average molecular weight is 609 g/mol. The molecule has 0 aromatic heterocycles. The van der Waals surface area contributed by atoms with Gasteiger partial charge in [0.15, 0.2) is 0 Å². The summed E-state index contributed by atoms with van der Waals surface area (Å²) in [7, 11) is 6.66. The molecule has 0 aliphatic carbocycles. The van der Waals surface area contributed by atoms with Crippen LogP contribution in [0.1, 0.15) is 0 Å². The largest absolute Gasteiger partial charge is 0.497 e. The molecule has 6 aromatic rings. The summed E-state index contributed by atoms with van der Waals surface area (Å²) in [6.45, 7) is 0. The maximum Gasteiger partial charge on any atom is 0.118 e. The van der Waals surface area contributed by atoms with E-state index in [0.717, 1.165) is 78.6 Å². The maximum absolute atomic E-state index is 6.82. The summed E-state index contributed by atoms with van der Waals surface area (Å²) < 4.78 is 21.9. The van der Waals surface area contributed by atoms with Crippen molar-refractivity contribution in [1.29, 1.82) is 0 Å². The Labute approximate surface area is 269 Å². The molecule has 0 aliphatic heterocycles. The number of ether oxygens (including phenoxy) is 4. The highest BCUT2D eigenvalue weighted by molar-refractivity contribution is 6.06. The summed E-state index contributed by atoms with van der Waals surface area (Å²) in [6.07, 6.45) is 0. The van der Waals surface area contributed by atoms with Crippen molar-refractivity contribution in [1.82, 2.24) is 0 Å². The van der Waals surface area contributed by atoms with E-state index in [0.29, 0.717) is 11.4 Å². The van der Waals surface area contributed by atoms with Crippen LogP contribution in [-0.2, 0) is 0 Å². The van der Waals surface area contributed by atoms with E-state index in [9.17, 15) is 0 Å². The van der Waals surface area contributed by atoms with Crippen LogP contribution in [-0.4, -0.2) is 28.4 Å². The molecular formula is C40H36N2O4. The lowest BCUT2D eigenvalue weighted by atomic mass is 9.81. The van der Waals surface area contributed by atoms with E-state index < -0.39 is 0 Å². The number of nitrogen functional groups attached to an aromatic ring is 2. The van der Waals surface area contributed by atoms with Crippen molar-refractivity contribution in [3.63, 3.8) is 0 Å². The fourth-order valence-corrected chi connectivity index (χ4v) is 5.94. The van der Waals surface area contributed by atoms with Gasteiger partial charge in [-0.3, -0.25) is 0 Å². The fraction of sp³-hybridized carbons (Fsp3) is 0.100. The summed E-state index contributed by atoms with van der Waals surface area (Å²) >= 11 is 0. The lowest BCUT2D eigenvalue weighted by Crippen LogP contribution is -2.00. The van der Waals surface area contributed by atoms with Crippen LogP contribution in [0.2, 0.25) is 0 Å². The number of hydrogen-bond acceptors (Lipinski definition) is 6. The number of anilines is 2. The molecule has 0 saturated carbocycles. The van der Waals surface area contributed by atoms with E-state index in [-0.39, 0.29) is 0 Å². The molecule has 4 N–H and O–H groups in total. The predicted molar refractivity (Wildman–Crippen MR) is 189 cm³/mol. The highest BCUT2D eigenvalue weighted by Gasteiger charge is 2.23. The van der Waals surface area contributed by atoms with Crippen LogP contribution in [0.5, 0.6) is 23.0 Å². The van der Waals surface area contributed by atoms with Gasteiger partial charge in [0, 0.05) is 22.5 Å². The standard InChI is InChI=1S/C40H36N2O4/c1-43-29-13-5-25(6-14-29)37-33(21-23-35(41)39(37)27-9-17-31(45-3)18-10-27)34-22-24-36(42)40(28-11-19-32(46-4)20-12-28)38(34)26-7-15-30(44-2)16-8-26/h5-24H,41-42H2,1-4H3. The van der Waals surface area contributed by atoms with Crippen LogP contribution in [0.4, 0.5) is 11.4 Å². The number of nitrogens with two attached hydrogens (primary N) is 2. The molecule has 0 bridgehead atoms. The van der Waals surface area contributed by atoms with Crippen molar-refractivity contribution in [2.24, 2.45) is 0 Å². The van der Waals surface area contributed by atoms with Gasteiger partial charge < -0.3 is 30.4 Å². The van der Waals surface area contributed by atoms with Gasteiger partial charge in [0.05, 0.1) is 28.4 Å². The molecular weight excluding hydrogens is 572 g/mol. The molecule has 6 nitrogen and oxygen atoms in total. The molecule has 6 heteroatoms. The minimum Gasteiger partial charge on any atom is -0.497 e. The molecule has 6 rings (SSSR count). The van der Waals surface area contributed by atoms with Crippen LogP contribution < -0.4 is 30.4 Å². The first-order valence-corrected chi connectivity index (χ1v) is 14.9. The van der Waals surface area contributed by atoms with Gasteiger partial charge in [-0.05, 0) is 105 Å². The van der Waals surface area contributed by atoms with Crippen molar-refractivity contribution >= 4 is 11.4 Å². The Morgan fingerprint density at radius 2 is 0.543 bits per heavy atom. The SMILES string of the molecule is COc1ccc(-c2c(N)ccc(-c3ccc(N)c(-c4ccc(OC)cc4)c3-c3ccc(OC)cc3)c2-c2ccc(OC)cc2)cc1. The summed E-state index contributed by atoms with van der Waals surface area (Å²) in [5.74, 6) is 3.09. The van der Waals surface area contributed by atoms with E-state index in [1.165, 1.54) is 0 Å². The molecule has 0 heterocycles. The Morgan fingerprint density at radius 1 is 0.304 bits per heavy atom. The Bertz CT molecular complexity index is 1820. The molecule has 0 fully saturated rings. The van der Waals surface area contributed by atoms with Crippen LogP contribution in [0.15, 0.2) is 121 Å². The molecule has 0 aliphatic rings. The van der Waals surface area contributed by atoms with E-state index in [4.69, 9.17) is 30.4 Å². The van der Waals surface area contributed by atoms with Crippen molar-refractivity contribution in [3.05, 3.63) is 121 Å². The molecule has 0 unspecified atom stereocenters. The number of rotatable bonds is 9. The molecule has 0 amide bonds. The van der Waals surface area contributed by atoms with Crippen molar-refractivity contribution in [2.75, 3.05) is 39.9 Å². The molecule has 6 aromatic carbocycles. The van der Waals surface area contributed by atoms with Crippen molar-refractivity contribution in [3.8, 4) is 78.6 Å². The topological polar surface area (TPSA) is 89.0 Å². The maximum atomic E-state index is 6.82. The zero-order valence-electron chi connectivity index (χ0n) is 26.3. The van der Waals surface area contributed by atoms with E-state index in [1.54, 1.807) is 28.4 Å². The van der Waals surface area contributed by atoms with Gasteiger partial charge in [0.1, 0.15) is 23.0 Å². The normalized spacial score (nSPS) is 10.8. The van der Waals surface area contributed by atoms with Crippen molar-refractivity contribution in [2.45, 2.75) is 0 Å². The fourth-order valence-electron chi connectivity index (χ4n) is 5.94. The predicted octanol–water partition coefficient (Wildman–Crippen LogP) is 9.22. The highest BCUT2D eigenvalue weighted by Crippen LogP contribution is 2.49. The van der Waals surface area contributed by atoms with Gasteiger partial charge in [-0.2, -0.15) is 0 Å². The minimum absolute atomic E-state index is 0.663. The third kappa shape index (κ3) is 5.69. The van der Waals surface area contributed by atoms with Crippen LogP contribution >= 0.6 is 0 Å². The molecule has 0 spiro atoms. The Balaban J connectivity index is 1.70. The summed E-state index contributed by atoms with van der Waals surface area (Å²) in [6, 6.07) is 40.3. The molecule has 0 radical (unpaired) electrons. The second kappa shape index (κ2) is 13.0. The van der Waals surface area contributed by atoms with E-state index >= 15 is 0 Å². The average Bonchev–Trinajstić information content (AvgIpc) is 3.11. The first-order chi connectivity index (χ1) is 22.4. The Hall–Kier alpha value is -5.88. The lowest BCUT2D eigenvalue weighted by Gasteiger charge is -2.23. The Kier molecular flexibility index (Phi) is 8.53. The second-order valence-corrected chi connectivity index (χ2v) is 10.8. The highest BCUT2D eigenvalue weighted by atomic mass is 16.5. The van der Waals surface area contributed by atoms with Crippen LogP contribution in [0.25, 0.3) is 55.6 Å². The van der Waals surface area contributed by atoms with Gasteiger partial charge in [-0.1, -0.05) is 60.7 Å². The van der Waals surface area contributed by atoms with Crippen LogP contribution in [0, 0.1) is 0 Å². The molecule has 230 valence electrons. The number of methoxy groups -OCH3 is 4. The zero-order valence-corrected chi connectivity index (χ0v) is 26.3. The molecule has 0 atom stereocenters. The van der Waals surface area contributed by atoms with Gasteiger partial charge >= 0.3 is 0 Å². The second-order valence-electron chi connectivity index (χ2n) is 10.8. The number of benzene rings is 6. The number of hydrogen-bond donors (Lipinski definition) is 2. The summed E-state index contributed by atoms with van der Waals surface area (Å²) in [4.78, 5) is 0. The molecule has 46 heavy (non-hydrogen) atoms. The van der Waals surface area contributed by atoms with Crippen LogP contribution in [0.3, 0.4) is 0 Å². The third-order valence-corrected chi connectivity index (χ3v) is 8.28. The monoisotopic (exact) mass is 608 g/mol. The van der Waals surface area contributed by atoms with E-state index in [2.05, 4.69) is 36.4 Å². The molecule has 0 saturated heterocycles. The smallest absolute Gasteiger partial charge is 0.118 e. The van der Waals surface area contributed by atoms with Gasteiger partial charge in [-0.15, -0.1) is 0 Å². The van der Waals surface area contributed by atoms with Gasteiger partial charge in [0.25, 0.3) is 0 Å². The van der Waals surface area contributed by atoms with E-state index in [1.807, 2.05) is 84.9 Å². The first kappa shape index (κ1) is 30.2. The Morgan fingerprint density at radius 3 is 0.783 bits per heavy atom. The zero-order chi connectivity index (χ0) is 32.2. The minimum atomic E-state index is 0.663. The summed E-state index contributed by atoms with van der Waals surface area (Å²) in [5.41, 5.74) is 24.8. The first-order valence-electron chi connectivity index (χ1n) is 14.9.